The third-order valence-electron chi connectivity index (χ3n) is 8.04. The first-order chi connectivity index (χ1) is 20.8. The molecule has 0 amide bonds. The molecule has 0 atom stereocenters. The fraction of sp³-hybridized carbons (Fsp3) is 0. The lowest BCUT2D eigenvalue weighted by molar-refractivity contribution is 1.28. The molecular formula is C40H27NS. The zero-order valence-corrected chi connectivity index (χ0v) is 23.8. The van der Waals surface area contributed by atoms with E-state index in [-0.39, 0.29) is 0 Å². The van der Waals surface area contributed by atoms with Gasteiger partial charge in [0.25, 0.3) is 0 Å². The minimum atomic E-state index is 1.13. The van der Waals surface area contributed by atoms with Gasteiger partial charge in [0, 0.05) is 37.2 Å². The summed E-state index contributed by atoms with van der Waals surface area (Å²) in [4.78, 5) is 2.35. The fourth-order valence-electron chi connectivity index (χ4n) is 5.98. The lowest BCUT2D eigenvalue weighted by Crippen LogP contribution is -2.09. The summed E-state index contributed by atoms with van der Waals surface area (Å²) in [5, 5.41) is 5.17. The van der Waals surface area contributed by atoms with E-state index in [1.54, 1.807) is 0 Å². The molecule has 0 saturated heterocycles. The van der Waals surface area contributed by atoms with Gasteiger partial charge in [-0.05, 0) is 81.6 Å². The van der Waals surface area contributed by atoms with Crippen LogP contribution in [0.15, 0.2) is 164 Å². The smallest absolute Gasteiger partial charge is 0.0467 e. The summed E-state index contributed by atoms with van der Waals surface area (Å²) in [7, 11) is 0. The minimum Gasteiger partial charge on any atom is -0.310 e. The van der Waals surface area contributed by atoms with Crippen LogP contribution in [-0.4, -0.2) is 0 Å². The minimum absolute atomic E-state index is 1.13. The quantitative estimate of drug-likeness (QED) is 0.205. The normalized spacial score (nSPS) is 11.3. The van der Waals surface area contributed by atoms with Crippen LogP contribution in [0.3, 0.4) is 0 Å². The lowest BCUT2D eigenvalue weighted by Gasteiger charge is -2.26. The lowest BCUT2D eigenvalue weighted by atomic mass is 10.0. The number of fused-ring (bicyclic) bond motifs is 4. The maximum absolute atomic E-state index is 2.35. The molecule has 1 heterocycles. The monoisotopic (exact) mass is 553 g/mol. The molecule has 0 aliphatic rings. The van der Waals surface area contributed by atoms with Gasteiger partial charge >= 0.3 is 0 Å². The van der Waals surface area contributed by atoms with Crippen molar-refractivity contribution in [2.24, 2.45) is 0 Å². The van der Waals surface area contributed by atoms with E-state index in [4.69, 9.17) is 0 Å². The number of hydrogen-bond acceptors (Lipinski definition) is 2. The van der Waals surface area contributed by atoms with Crippen LogP contribution in [-0.2, 0) is 0 Å². The van der Waals surface area contributed by atoms with Gasteiger partial charge in [0.1, 0.15) is 0 Å². The Morgan fingerprint density at radius 1 is 0.381 bits per heavy atom. The molecule has 1 aromatic heterocycles. The first kappa shape index (κ1) is 24.6. The summed E-state index contributed by atoms with van der Waals surface area (Å²) in [5.74, 6) is 0. The maximum Gasteiger partial charge on any atom is 0.0467 e. The van der Waals surface area contributed by atoms with E-state index < -0.39 is 0 Å². The zero-order chi connectivity index (χ0) is 27.9. The predicted octanol–water partition coefficient (Wildman–Crippen LogP) is 12.0. The van der Waals surface area contributed by atoms with Crippen LogP contribution in [0.2, 0.25) is 0 Å². The van der Waals surface area contributed by atoms with Gasteiger partial charge in [-0.25, -0.2) is 0 Å². The third kappa shape index (κ3) is 4.34. The van der Waals surface area contributed by atoms with Gasteiger partial charge in [-0.2, -0.15) is 0 Å². The summed E-state index contributed by atoms with van der Waals surface area (Å²) in [5.41, 5.74) is 8.33. The van der Waals surface area contributed by atoms with E-state index >= 15 is 0 Å². The number of anilines is 3. The van der Waals surface area contributed by atoms with E-state index in [1.165, 1.54) is 53.2 Å². The first-order valence-electron chi connectivity index (χ1n) is 14.3. The number of para-hydroxylation sites is 1. The van der Waals surface area contributed by atoms with Crippen LogP contribution in [0.1, 0.15) is 0 Å². The Morgan fingerprint density at radius 3 is 1.93 bits per heavy atom. The number of nitrogens with zero attached hydrogens (tertiary/aromatic N) is 1. The Kier molecular flexibility index (Phi) is 6.05. The number of benzene rings is 7. The Morgan fingerprint density at radius 2 is 1.05 bits per heavy atom. The third-order valence-corrected chi connectivity index (χ3v) is 9.26. The van der Waals surface area contributed by atoms with Crippen molar-refractivity contribution in [3.63, 3.8) is 0 Å². The second-order valence-electron chi connectivity index (χ2n) is 10.6. The maximum atomic E-state index is 2.35. The molecule has 0 fully saturated rings. The van der Waals surface area contributed by atoms with Crippen LogP contribution in [0.5, 0.6) is 0 Å². The average Bonchev–Trinajstić information content (AvgIpc) is 3.45. The molecule has 8 aromatic rings. The van der Waals surface area contributed by atoms with E-state index in [0.29, 0.717) is 0 Å². The standard InChI is InChI=1S/C40H27NS/c1-2-13-33(14-3-1)41(34-24-22-29(23-25-34)31-21-20-28-10-4-5-11-30(28)26-31)35-15-8-12-32(27-35)36-17-9-18-38-37-16-6-7-19-39(37)42-40(36)38/h1-27H. The predicted molar refractivity (Wildman–Crippen MR) is 182 cm³/mol. The van der Waals surface area contributed by atoms with Crippen molar-refractivity contribution in [1.82, 2.24) is 0 Å². The topological polar surface area (TPSA) is 3.24 Å². The van der Waals surface area contributed by atoms with Crippen molar-refractivity contribution in [2.45, 2.75) is 0 Å². The summed E-state index contributed by atoms with van der Waals surface area (Å²) >= 11 is 1.88. The number of rotatable bonds is 5. The van der Waals surface area contributed by atoms with E-state index in [1.807, 2.05) is 11.3 Å². The van der Waals surface area contributed by atoms with Gasteiger partial charge in [-0.15, -0.1) is 11.3 Å². The van der Waals surface area contributed by atoms with E-state index in [9.17, 15) is 0 Å². The van der Waals surface area contributed by atoms with Gasteiger partial charge in [0.2, 0.25) is 0 Å². The Hall–Kier alpha value is -5.18. The van der Waals surface area contributed by atoms with Crippen molar-refractivity contribution < 1.29 is 0 Å². The first-order valence-corrected chi connectivity index (χ1v) is 15.1. The molecule has 0 spiro atoms. The van der Waals surface area contributed by atoms with E-state index in [0.717, 1.165) is 17.1 Å². The van der Waals surface area contributed by atoms with Crippen LogP contribution in [0.4, 0.5) is 17.1 Å². The van der Waals surface area contributed by atoms with Crippen molar-refractivity contribution in [3.05, 3.63) is 164 Å². The Bertz CT molecular complexity index is 2190. The zero-order valence-electron chi connectivity index (χ0n) is 22.9. The summed E-state index contributed by atoms with van der Waals surface area (Å²) < 4.78 is 2.66. The Labute approximate surface area is 249 Å². The fourth-order valence-corrected chi connectivity index (χ4v) is 7.22. The van der Waals surface area contributed by atoms with Crippen molar-refractivity contribution in [1.29, 1.82) is 0 Å². The highest BCUT2D eigenvalue weighted by Gasteiger charge is 2.15. The Balaban J connectivity index is 1.22. The molecule has 0 radical (unpaired) electrons. The molecule has 0 saturated carbocycles. The largest absolute Gasteiger partial charge is 0.310 e. The number of hydrogen-bond donors (Lipinski definition) is 0. The molecule has 8 rings (SSSR count). The molecule has 42 heavy (non-hydrogen) atoms. The van der Waals surface area contributed by atoms with Crippen LogP contribution in [0.25, 0.3) is 53.2 Å². The molecular weight excluding hydrogens is 527 g/mol. The molecule has 0 aliphatic carbocycles. The van der Waals surface area contributed by atoms with Crippen molar-refractivity contribution in [3.8, 4) is 22.3 Å². The van der Waals surface area contributed by atoms with Crippen LogP contribution < -0.4 is 4.90 Å². The highest BCUT2D eigenvalue weighted by molar-refractivity contribution is 7.26. The van der Waals surface area contributed by atoms with Gasteiger partial charge in [-0.3, -0.25) is 0 Å². The van der Waals surface area contributed by atoms with Crippen LogP contribution >= 0.6 is 11.3 Å². The highest BCUT2D eigenvalue weighted by atomic mass is 32.1. The van der Waals surface area contributed by atoms with Crippen molar-refractivity contribution in [2.75, 3.05) is 4.90 Å². The number of thiophene rings is 1. The second kappa shape index (κ2) is 10.3. The molecule has 0 unspecified atom stereocenters. The summed E-state index contributed by atoms with van der Waals surface area (Å²) in [6.07, 6.45) is 0. The second-order valence-corrected chi connectivity index (χ2v) is 11.7. The molecule has 2 heteroatoms. The summed E-state index contributed by atoms with van der Waals surface area (Å²) in [6, 6.07) is 59.1. The van der Waals surface area contributed by atoms with E-state index in [2.05, 4.69) is 169 Å². The SMILES string of the molecule is c1ccc(N(c2ccc(-c3ccc4ccccc4c3)cc2)c2cccc(-c3cccc4c3sc3ccccc34)c2)cc1. The van der Waals surface area contributed by atoms with Crippen LogP contribution in [0, 0.1) is 0 Å². The van der Waals surface area contributed by atoms with Crippen molar-refractivity contribution >= 4 is 59.3 Å². The molecule has 0 N–H and O–H groups in total. The molecule has 0 aliphatic heterocycles. The molecule has 198 valence electrons. The molecule has 1 nitrogen and oxygen atoms in total. The summed E-state index contributed by atoms with van der Waals surface area (Å²) in [6.45, 7) is 0. The average molecular weight is 554 g/mol. The van der Waals surface area contributed by atoms with Gasteiger partial charge in [0.15, 0.2) is 0 Å². The van der Waals surface area contributed by atoms with Gasteiger partial charge < -0.3 is 4.90 Å². The van der Waals surface area contributed by atoms with Gasteiger partial charge in [0.05, 0.1) is 0 Å². The molecule has 7 aromatic carbocycles. The van der Waals surface area contributed by atoms with Gasteiger partial charge in [-0.1, -0.05) is 115 Å². The molecule has 0 bridgehead atoms. The highest BCUT2D eigenvalue weighted by Crippen LogP contribution is 2.42.